The number of carbonyl (C=O) groups is 1. The number of hydrogen-bond acceptors (Lipinski definition) is 5. The molecule has 0 unspecified atom stereocenters. The molecule has 1 aliphatic carbocycles. The van der Waals surface area contributed by atoms with Crippen LogP contribution in [0.4, 0.5) is 0 Å². The summed E-state index contributed by atoms with van der Waals surface area (Å²) in [5.41, 5.74) is 10.7. The number of hydrogen-bond donors (Lipinski definition) is 1. The van der Waals surface area contributed by atoms with Gasteiger partial charge in [-0.3, -0.25) is 4.79 Å². The third-order valence-electron chi connectivity index (χ3n) is 6.32. The van der Waals surface area contributed by atoms with E-state index in [2.05, 4.69) is 81.9 Å². The molecule has 0 spiro atoms. The lowest BCUT2D eigenvalue weighted by molar-refractivity contribution is -0.118. The van der Waals surface area contributed by atoms with Crippen LogP contribution in [0.1, 0.15) is 33.1 Å². The molecule has 38 heavy (non-hydrogen) atoms. The number of nitrogens with zero attached hydrogens (tertiary/aromatic N) is 1. The smallest absolute Gasteiger partial charge is 0.250 e. The third kappa shape index (κ3) is 5.79. The Bertz CT molecular complexity index is 1440. The topological polar surface area (TPSA) is 59.9 Å². The summed E-state index contributed by atoms with van der Waals surface area (Å²) in [6, 6.07) is 28.7. The highest BCUT2D eigenvalue weighted by atomic mass is 79.9. The van der Waals surface area contributed by atoms with E-state index in [1.54, 1.807) is 25.1 Å². The fourth-order valence-electron chi connectivity index (χ4n) is 4.45. The van der Waals surface area contributed by atoms with Crippen molar-refractivity contribution in [3.63, 3.8) is 0 Å². The van der Waals surface area contributed by atoms with Crippen molar-refractivity contribution >= 4 is 39.8 Å². The zero-order chi connectivity index (χ0) is 26.5. The van der Waals surface area contributed by atoms with Gasteiger partial charge in [-0.15, -0.1) is 11.8 Å². The summed E-state index contributed by atoms with van der Waals surface area (Å²) >= 11 is 5.19. The molecule has 4 aromatic carbocycles. The number of nitrogens with one attached hydrogen (secondary N) is 1. The molecule has 4 aromatic rings. The molecule has 0 bridgehead atoms. The third-order valence-corrected chi connectivity index (χ3v) is 8.18. The van der Waals surface area contributed by atoms with Crippen LogP contribution >= 0.6 is 27.7 Å². The van der Waals surface area contributed by atoms with Crippen LogP contribution in [0.15, 0.2) is 94.5 Å². The van der Waals surface area contributed by atoms with Crippen molar-refractivity contribution in [1.82, 2.24) is 5.43 Å². The van der Waals surface area contributed by atoms with Gasteiger partial charge in [-0.2, -0.15) is 5.10 Å². The van der Waals surface area contributed by atoms with Crippen molar-refractivity contribution < 1.29 is 14.3 Å². The fraction of sp³-hybridized carbons (Fsp3) is 0.161. The summed E-state index contributed by atoms with van der Waals surface area (Å²) in [4.78, 5) is 12.6. The highest BCUT2D eigenvalue weighted by Gasteiger charge is 2.28. The summed E-state index contributed by atoms with van der Waals surface area (Å²) in [7, 11) is 1.60. The summed E-state index contributed by atoms with van der Waals surface area (Å²) in [5, 5.41) is 4.30. The molecule has 5 rings (SSSR count). The Kier molecular flexibility index (Phi) is 8.15. The lowest BCUT2D eigenvalue weighted by Gasteiger charge is -2.14. The second-order valence-electron chi connectivity index (χ2n) is 8.97. The number of halogens is 1. The zero-order valence-electron chi connectivity index (χ0n) is 21.1. The van der Waals surface area contributed by atoms with Gasteiger partial charge in [-0.05, 0) is 68.4 Å². The molecular formula is C31H27BrN2O3S. The van der Waals surface area contributed by atoms with Crippen molar-refractivity contribution in [2.24, 2.45) is 5.10 Å². The van der Waals surface area contributed by atoms with E-state index in [0.717, 1.165) is 15.6 Å². The largest absolute Gasteiger partial charge is 0.493 e. The molecular weight excluding hydrogens is 560 g/mol. The first-order valence-electron chi connectivity index (χ1n) is 12.2. The number of ether oxygens (including phenoxy) is 2. The summed E-state index contributed by atoms with van der Waals surface area (Å²) in [5.74, 6) is 1.33. The maximum atomic E-state index is 12.6. The Labute approximate surface area is 235 Å². The van der Waals surface area contributed by atoms with Gasteiger partial charge in [0.1, 0.15) is 6.61 Å². The number of benzene rings is 4. The number of rotatable bonds is 9. The molecule has 0 radical (unpaired) electrons. The number of methoxy groups -OCH3 is 1. The molecule has 1 aliphatic rings. The summed E-state index contributed by atoms with van der Waals surface area (Å²) in [6.45, 7) is 2.48. The van der Waals surface area contributed by atoms with E-state index < -0.39 is 0 Å². The second kappa shape index (κ2) is 11.9. The van der Waals surface area contributed by atoms with E-state index in [0.29, 0.717) is 23.9 Å². The Hall–Kier alpha value is -3.55. The molecule has 0 heterocycles. The number of fused-ring (bicyclic) bond motifs is 3. The van der Waals surface area contributed by atoms with Crippen LogP contribution in [0.5, 0.6) is 11.5 Å². The van der Waals surface area contributed by atoms with Crippen LogP contribution in [0.2, 0.25) is 0 Å². The van der Waals surface area contributed by atoms with E-state index >= 15 is 0 Å². The highest BCUT2D eigenvalue weighted by Crippen LogP contribution is 2.49. The highest BCUT2D eigenvalue weighted by molar-refractivity contribution is 9.10. The van der Waals surface area contributed by atoms with Gasteiger partial charge in [-0.1, -0.05) is 78.4 Å². The lowest BCUT2D eigenvalue weighted by Crippen LogP contribution is -2.20. The van der Waals surface area contributed by atoms with Crippen LogP contribution in [-0.2, 0) is 11.4 Å². The molecule has 0 fully saturated rings. The van der Waals surface area contributed by atoms with Crippen molar-refractivity contribution in [3.05, 3.63) is 117 Å². The Morgan fingerprint density at radius 1 is 1.00 bits per heavy atom. The molecule has 0 atom stereocenters. The van der Waals surface area contributed by atoms with Crippen LogP contribution in [0, 0.1) is 6.92 Å². The molecule has 0 saturated carbocycles. The molecule has 5 nitrogen and oxygen atoms in total. The summed E-state index contributed by atoms with van der Waals surface area (Å²) in [6.07, 6.45) is 1.60. The van der Waals surface area contributed by atoms with Crippen LogP contribution in [0.25, 0.3) is 11.1 Å². The predicted molar refractivity (Wildman–Crippen MR) is 158 cm³/mol. The zero-order valence-corrected chi connectivity index (χ0v) is 23.5. The van der Waals surface area contributed by atoms with E-state index in [-0.39, 0.29) is 11.2 Å². The van der Waals surface area contributed by atoms with Gasteiger partial charge in [0.05, 0.1) is 28.8 Å². The maximum Gasteiger partial charge on any atom is 0.250 e. The average Bonchev–Trinajstić information content (AvgIpc) is 3.25. The first-order chi connectivity index (χ1) is 18.5. The van der Waals surface area contributed by atoms with Crippen molar-refractivity contribution in [2.45, 2.75) is 18.8 Å². The Balaban J connectivity index is 1.19. The van der Waals surface area contributed by atoms with Gasteiger partial charge < -0.3 is 9.47 Å². The van der Waals surface area contributed by atoms with E-state index in [4.69, 9.17) is 9.47 Å². The normalized spacial score (nSPS) is 12.3. The fourth-order valence-corrected chi connectivity index (χ4v) is 6.18. The SMILES string of the molecule is COc1cc(/C=N\NC(=O)CSC2c3ccccc3-c3ccccc32)cc(Br)c1OCc1ccc(C)cc1. The first kappa shape index (κ1) is 26.1. The van der Waals surface area contributed by atoms with E-state index in [1.165, 1.54) is 27.8 Å². The number of amides is 1. The minimum atomic E-state index is -0.155. The minimum Gasteiger partial charge on any atom is -0.493 e. The number of aryl methyl sites for hydroxylation is 1. The van der Waals surface area contributed by atoms with Crippen LogP contribution in [0.3, 0.4) is 0 Å². The standard InChI is InChI=1S/C31H27BrN2O3S/c1-20-11-13-21(14-12-20)18-37-30-27(32)15-22(16-28(30)36-2)17-33-34-29(35)19-38-31-25-9-5-3-7-23(25)24-8-4-6-10-26(24)31/h3-17,31H,18-19H2,1-2H3,(H,34,35)/b33-17-. The predicted octanol–water partition coefficient (Wildman–Crippen LogP) is 7.30. The van der Waals surface area contributed by atoms with Crippen molar-refractivity contribution in [3.8, 4) is 22.6 Å². The molecule has 7 heteroatoms. The average molecular weight is 588 g/mol. The van der Waals surface area contributed by atoms with E-state index in [1.807, 2.05) is 36.4 Å². The monoisotopic (exact) mass is 586 g/mol. The first-order valence-corrected chi connectivity index (χ1v) is 14.1. The molecule has 0 aliphatic heterocycles. The quantitative estimate of drug-likeness (QED) is 0.165. The van der Waals surface area contributed by atoms with Crippen LogP contribution < -0.4 is 14.9 Å². The maximum absolute atomic E-state index is 12.6. The van der Waals surface area contributed by atoms with E-state index in [9.17, 15) is 4.79 Å². The number of carbonyl (C=O) groups excluding carboxylic acids is 1. The van der Waals surface area contributed by atoms with Crippen molar-refractivity contribution in [1.29, 1.82) is 0 Å². The molecule has 192 valence electrons. The Morgan fingerprint density at radius 2 is 1.66 bits per heavy atom. The van der Waals surface area contributed by atoms with Gasteiger partial charge in [0.15, 0.2) is 11.5 Å². The van der Waals surface area contributed by atoms with Crippen LogP contribution in [-0.4, -0.2) is 25.0 Å². The lowest BCUT2D eigenvalue weighted by atomic mass is 10.1. The second-order valence-corrected chi connectivity index (χ2v) is 10.9. The number of thioether (sulfide) groups is 1. The Morgan fingerprint density at radius 3 is 2.32 bits per heavy atom. The molecule has 0 aromatic heterocycles. The summed E-state index contributed by atoms with van der Waals surface area (Å²) < 4.78 is 12.3. The van der Waals surface area contributed by atoms with Gasteiger partial charge in [-0.25, -0.2) is 5.43 Å². The molecule has 1 N–H and O–H groups in total. The molecule has 0 saturated heterocycles. The van der Waals surface area contributed by atoms with Gasteiger partial charge in [0, 0.05) is 0 Å². The van der Waals surface area contributed by atoms with Gasteiger partial charge >= 0.3 is 0 Å². The molecule has 1 amide bonds. The van der Waals surface area contributed by atoms with Gasteiger partial charge in [0.2, 0.25) is 5.91 Å². The van der Waals surface area contributed by atoms with Crippen molar-refractivity contribution in [2.75, 3.05) is 12.9 Å². The van der Waals surface area contributed by atoms with Gasteiger partial charge in [0.25, 0.3) is 0 Å². The minimum absolute atomic E-state index is 0.129. The number of hydrazone groups is 1.